The van der Waals surface area contributed by atoms with E-state index in [1.165, 1.54) is 22.9 Å². The fourth-order valence-electron chi connectivity index (χ4n) is 4.14. The molecule has 0 aromatic heterocycles. The summed E-state index contributed by atoms with van der Waals surface area (Å²) >= 11 is 7.01. The first-order chi connectivity index (χ1) is 15.7. The van der Waals surface area contributed by atoms with Crippen LogP contribution in [-0.2, 0) is 11.2 Å². The van der Waals surface area contributed by atoms with Gasteiger partial charge in [-0.2, -0.15) is 0 Å². The van der Waals surface area contributed by atoms with Crippen LogP contribution in [0.15, 0.2) is 95.5 Å². The molecule has 0 aliphatic carbocycles. The lowest BCUT2D eigenvalue weighted by Crippen LogP contribution is -2.30. The topological polar surface area (TPSA) is 23.6 Å². The van der Waals surface area contributed by atoms with Gasteiger partial charge in [0.1, 0.15) is 4.91 Å². The molecule has 0 saturated carbocycles. The number of allylic oxidation sites excluding steroid dienone is 1. The van der Waals surface area contributed by atoms with E-state index in [4.69, 9.17) is 12.2 Å². The van der Waals surface area contributed by atoms with Crippen LogP contribution in [0.3, 0.4) is 0 Å². The summed E-state index contributed by atoms with van der Waals surface area (Å²) in [6.45, 7) is 2.87. The van der Waals surface area contributed by atoms with Gasteiger partial charge in [-0.3, -0.25) is 9.69 Å². The molecule has 1 fully saturated rings. The van der Waals surface area contributed by atoms with Crippen LogP contribution < -0.4 is 9.80 Å². The summed E-state index contributed by atoms with van der Waals surface area (Å²) in [5.74, 6) is -0.0618. The minimum Gasteiger partial charge on any atom is -0.340 e. The van der Waals surface area contributed by atoms with E-state index in [9.17, 15) is 4.79 Å². The molecule has 5 rings (SSSR count). The predicted molar refractivity (Wildman–Crippen MR) is 139 cm³/mol. The van der Waals surface area contributed by atoms with Crippen molar-refractivity contribution in [1.29, 1.82) is 0 Å². The smallest absolute Gasteiger partial charge is 0.272 e. The van der Waals surface area contributed by atoms with Crippen LogP contribution in [0.25, 0.3) is 6.08 Å². The van der Waals surface area contributed by atoms with Crippen LogP contribution in [0.5, 0.6) is 0 Å². The fourth-order valence-corrected chi connectivity index (χ4v) is 5.50. The quantitative estimate of drug-likeness (QED) is 0.336. The van der Waals surface area contributed by atoms with E-state index in [1.54, 1.807) is 4.90 Å². The molecule has 0 bridgehead atoms. The van der Waals surface area contributed by atoms with Crippen LogP contribution in [0.4, 0.5) is 11.4 Å². The zero-order valence-electron chi connectivity index (χ0n) is 17.7. The van der Waals surface area contributed by atoms with Crippen molar-refractivity contribution in [2.24, 2.45) is 0 Å². The van der Waals surface area contributed by atoms with Gasteiger partial charge in [-0.15, -0.1) is 0 Å². The number of carbonyl (C=O) groups is 1. The van der Waals surface area contributed by atoms with E-state index in [2.05, 4.69) is 66.4 Å². The molecular formula is C27H22N2OS2. The number of benzene rings is 3. The second kappa shape index (κ2) is 8.77. The SMILES string of the molecule is CCN1C(=C2SC(=S)N(c3ccc(Cc4ccccc4)cc3)C2=O)C=Cc2ccccc21. The number of likely N-dealkylation sites (N-methyl/N-ethyl adjacent to an activating group) is 1. The zero-order valence-corrected chi connectivity index (χ0v) is 19.3. The summed E-state index contributed by atoms with van der Waals surface area (Å²) in [5.41, 5.74) is 6.45. The van der Waals surface area contributed by atoms with Crippen molar-refractivity contribution in [2.45, 2.75) is 13.3 Å². The maximum absolute atomic E-state index is 13.5. The lowest BCUT2D eigenvalue weighted by atomic mass is 10.0. The van der Waals surface area contributed by atoms with Gasteiger partial charge < -0.3 is 4.90 Å². The Bertz CT molecular complexity index is 1250. The van der Waals surface area contributed by atoms with Crippen LogP contribution >= 0.6 is 24.0 Å². The highest BCUT2D eigenvalue weighted by Crippen LogP contribution is 2.41. The van der Waals surface area contributed by atoms with E-state index < -0.39 is 0 Å². The highest BCUT2D eigenvalue weighted by Gasteiger charge is 2.37. The maximum Gasteiger partial charge on any atom is 0.272 e. The number of nitrogens with zero attached hydrogens (tertiary/aromatic N) is 2. The fraction of sp³-hybridized carbons (Fsp3) is 0.111. The third-order valence-corrected chi connectivity index (χ3v) is 7.08. The maximum atomic E-state index is 13.5. The summed E-state index contributed by atoms with van der Waals surface area (Å²) in [4.78, 5) is 18.0. The van der Waals surface area contributed by atoms with Crippen molar-refractivity contribution in [3.8, 4) is 0 Å². The van der Waals surface area contributed by atoms with Gasteiger partial charge in [-0.05, 0) is 54.3 Å². The van der Waals surface area contributed by atoms with Crippen LogP contribution in [0.2, 0.25) is 0 Å². The molecule has 2 aliphatic heterocycles. The Kier molecular flexibility index (Phi) is 5.68. The lowest BCUT2D eigenvalue weighted by Gasteiger charge is -2.30. The molecule has 32 heavy (non-hydrogen) atoms. The third-order valence-electron chi connectivity index (χ3n) is 5.70. The van der Waals surface area contributed by atoms with Gasteiger partial charge >= 0.3 is 0 Å². The molecule has 0 spiro atoms. The largest absolute Gasteiger partial charge is 0.340 e. The number of rotatable bonds is 4. The number of hydrogen-bond donors (Lipinski definition) is 0. The second-order valence-corrected chi connectivity index (χ2v) is 9.33. The van der Waals surface area contributed by atoms with Crippen molar-refractivity contribution in [2.75, 3.05) is 16.3 Å². The first-order valence-corrected chi connectivity index (χ1v) is 11.9. The van der Waals surface area contributed by atoms with Crippen molar-refractivity contribution >= 4 is 51.7 Å². The van der Waals surface area contributed by atoms with E-state index in [0.717, 1.165) is 35.6 Å². The van der Waals surface area contributed by atoms with Gasteiger partial charge in [0.05, 0.1) is 11.4 Å². The highest BCUT2D eigenvalue weighted by atomic mass is 32.2. The molecule has 1 saturated heterocycles. The standard InChI is InChI=1S/C27H22N2OS2/c1-2-28-23-11-7-6-10-21(23)14-17-24(28)25-26(30)29(27(31)32-25)22-15-12-20(13-16-22)18-19-8-4-3-5-9-19/h3-17H,2,18H2,1H3. The van der Waals surface area contributed by atoms with Gasteiger partial charge in [-0.1, -0.05) is 90.7 Å². The summed E-state index contributed by atoms with van der Waals surface area (Å²) in [7, 11) is 0. The molecule has 2 aliphatic rings. The van der Waals surface area contributed by atoms with Gasteiger partial charge in [0.2, 0.25) is 0 Å². The summed E-state index contributed by atoms with van der Waals surface area (Å²) < 4.78 is 0.566. The van der Waals surface area contributed by atoms with Crippen molar-refractivity contribution < 1.29 is 4.79 Å². The zero-order chi connectivity index (χ0) is 22.1. The number of thioether (sulfide) groups is 1. The number of anilines is 2. The van der Waals surface area contributed by atoms with Gasteiger partial charge in [-0.25, -0.2) is 0 Å². The van der Waals surface area contributed by atoms with Crippen molar-refractivity contribution in [3.63, 3.8) is 0 Å². The van der Waals surface area contributed by atoms with Crippen LogP contribution in [0, 0.1) is 0 Å². The van der Waals surface area contributed by atoms with E-state index in [1.807, 2.05) is 36.4 Å². The number of thiocarbonyl (C=S) groups is 1. The molecule has 3 aromatic rings. The Balaban J connectivity index is 1.43. The van der Waals surface area contributed by atoms with Gasteiger partial charge in [0, 0.05) is 12.2 Å². The molecule has 1 amide bonds. The summed E-state index contributed by atoms with van der Waals surface area (Å²) in [6, 6.07) is 26.7. The Labute approximate surface area is 198 Å². The molecule has 0 radical (unpaired) electrons. The van der Waals surface area contributed by atoms with Gasteiger partial charge in [0.15, 0.2) is 4.32 Å². The number of amides is 1. The first-order valence-electron chi connectivity index (χ1n) is 10.6. The van der Waals surface area contributed by atoms with Crippen LogP contribution in [-0.4, -0.2) is 16.8 Å². The third kappa shape index (κ3) is 3.78. The molecular weight excluding hydrogens is 432 g/mol. The molecule has 0 atom stereocenters. The summed E-state index contributed by atoms with van der Waals surface area (Å²) in [5, 5.41) is 0. The van der Waals surface area contributed by atoms with Gasteiger partial charge in [0.25, 0.3) is 5.91 Å². The van der Waals surface area contributed by atoms with E-state index in [0.29, 0.717) is 9.23 Å². The average Bonchev–Trinajstić information content (AvgIpc) is 3.13. The van der Waals surface area contributed by atoms with E-state index >= 15 is 0 Å². The Morgan fingerprint density at radius 1 is 0.844 bits per heavy atom. The molecule has 158 valence electrons. The number of carbonyl (C=O) groups excluding carboxylic acids is 1. The molecule has 3 nitrogen and oxygen atoms in total. The molecule has 2 heterocycles. The minimum atomic E-state index is -0.0618. The average molecular weight is 455 g/mol. The van der Waals surface area contributed by atoms with Crippen molar-refractivity contribution in [3.05, 3.63) is 112 Å². The Hall–Kier alpha value is -3.15. The normalized spacial score (nSPS) is 17.8. The van der Waals surface area contributed by atoms with Crippen LogP contribution in [0.1, 0.15) is 23.6 Å². The van der Waals surface area contributed by atoms with Crippen molar-refractivity contribution in [1.82, 2.24) is 0 Å². The number of fused-ring (bicyclic) bond motifs is 1. The van der Waals surface area contributed by atoms with E-state index in [-0.39, 0.29) is 5.91 Å². The monoisotopic (exact) mass is 454 g/mol. The molecule has 0 unspecified atom stereocenters. The molecule has 5 heteroatoms. The minimum absolute atomic E-state index is 0.0618. The Morgan fingerprint density at radius 3 is 2.28 bits per heavy atom. The first kappa shape index (κ1) is 20.7. The molecule has 3 aromatic carbocycles. The number of para-hydroxylation sites is 1. The lowest BCUT2D eigenvalue weighted by molar-refractivity contribution is -0.113. The Morgan fingerprint density at radius 2 is 1.53 bits per heavy atom. The predicted octanol–water partition coefficient (Wildman–Crippen LogP) is 6.41. The highest BCUT2D eigenvalue weighted by molar-refractivity contribution is 8.27. The number of hydrogen-bond acceptors (Lipinski definition) is 4. The molecule has 0 N–H and O–H groups in total. The second-order valence-electron chi connectivity index (χ2n) is 7.69. The summed E-state index contributed by atoms with van der Waals surface area (Å²) in [6.07, 6.45) is 4.96.